The van der Waals surface area contributed by atoms with E-state index < -0.39 is 0 Å². The second-order valence-corrected chi connectivity index (χ2v) is 5.16. The number of ketones is 1. The molecule has 3 nitrogen and oxygen atoms in total. The van der Waals surface area contributed by atoms with E-state index in [0.717, 1.165) is 0 Å². The van der Waals surface area contributed by atoms with Crippen molar-refractivity contribution in [1.82, 2.24) is 0 Å². The first kappa shape index (κ1) is 15.1. The number of rotatable bonds is 6. The van der Waals surface area contributed by atoms with Crippen molar-refractivity contribution in [3.8, 4) is 0 Å². The molecule has 0 aromatic carbocycles. The maximum absolute atomic E-state index is 11.7. The number of carbonyl (C=O) groups excluding carboxylic acids is 2. The van der Waals surface area contributed by atoms with Crippen molar-refractivity contribution in [2.24, 2.45) is 23.7 Å². The third-order valence-corrected chi connectivity index (χ3v) is 2.70. The lowest BCUT2D eigenvalue weighted by Crippen LogP contribution is -2.30. The summed E-state index contributed by atoms with van der Waals surface area (Å²) >= 11 is 0. The zero-order valence-corrected chi connectivity index (χ0v) is 11.2. The largest absolute Gasteiger partial charge is 0.465 e. The van der Waals surface area contributed by atoms with Crippen LogP contribution in [-0.2, 0) is 14.3 Å². The van der Waals surface area contributed by atoms with E-state index in [4.69, 9.17) is 4.74 Å². The molecule has 0 spiro atoms. The molecular weight excluding hydrogens is 204 g/mol. The maximum atomic E-state index is 11.7. The van der Waals surface area contributed by atoms with Crippen LogP contribution in [0, 0.1) is 23.7 Å². The van der Waals surface area contributed by atoms with Gasteiger partial charge in [-0.2, -0.15) is 0 Å². The van der Waals surface area contributed by atoms with Crippen molar-refractivity contribution in [1.29, 1.82) is 0 Å². The van der Waals surface area contributed by atoms with Crippen LogP contribution in [0.2, 0.25) is 0 Å². The zero-order valence-electron chi connectivity index (χ0n) is 11.2. The van der Waals surface area contributed by atoms with Gasteiger partial charge in [-0.15, -0.1) is 0 Å². The topological polar surface area (TPSA) is 43.4 Å². The van der Waals surface area contributed by atoms with Crippen LogP contribution < -0.4 is 0 Å². The third-order valence-electron chi connectivity index (χ3n) is 2.70. The van der Waals surface area contributed by atoms with Crippen molar-refractivity contribution < 1.29 is 14.3 Å². The Morgan fingerprint density at radius 2 is 1.44 bits per heavy atom. The van der Waals surface area contributed by atoms with Crippen LogP contribution in [0.1, 0.15) is 41.5 Å². The van der Waals surface area contributed by atoms with Crippen LogP contribution in [0.5, 0.6) is 0 Å². The number of Topliss-reactive ketones (excluding diaryl/α,β-unsaturated/α-hetero) is 1. The summed E-state index contributed by atoms with van der Waals surface area (Å²) in [6, 6.07) is 0. The average Bonchev–Trinajstić information content (AvgIpc) is 2.22. The molecule has 0 rings (SSSR count). The molecule has 0 saturated carbocycles. The van der Waals surface area contributed by atoms with E-state index >= 15 is 0 Å². The van der Waals surface area contributed by atoms with Gasteiger partial charge < -0.3 is 4.74 Å². The number of ether oxygens (including phenoxy) is 1. The lowest BCUT2D eigenvalue weighted by atomic mass is 9.87. The Kier molecular flexibility index (Phi) is 6.31. The molecule has 94 valence electrons. The highest BCUT2D eigenvalue weighted by atomic mass is 16.5. The van der Waals surface area contributed by atoms with Crippen LogP contribution in [-0.4, -0.2) is 18.4 Å². The summed E-state index contributed by atoms with van der Waals surface area (Å²) in [4.78, 5) is 23.4. The van der Waals surface area contributed by atoms with Gasteiger partial charge in [0, 0.05) is 11.8 Å². The molecule has 0 aromatic rings. The molecule has 0 aliphatic rings. The summed E-state index contributed by atoms with van der Waals surface area (Å²) in [5.74, 6) is -0.472. The van der Waals surface area contributed by atoms with Gasteiger partial charge in [-0.25, -0.2) is 0 Å². The van der Waals surface area contributed by atoms with Crippen LogP contribution in [0.15, 0.2) is 0 Å². The minimum atomic E-state index is -0.353. The molecule has 0 bridgehead atoms. The Bertz CT molecular complexity index is 244. The van der Waals surface area contributed by atoms with Gasteiger partial charge in [0.2, 0.25) is 0 Å². The number of hydrogen-bond donors (Lipinski definition) is 0. The van der Waals surface area contributed by atoms with Crippen LogP contribution in [0.4, 0.5) is 0 Å². The first-order valence-corrected chi connectivity index (χ1v) is 5.97. The van der Waals surface area contributed by atoms with Crippen molar-refractivity contribution in [3.05, 3.63) is 0 Å². The highest BCUT2D eigenvalue weighted by molar-refractivity contribution is 5.87. The van der Waals surface area contributed by atoms with Gasteiger partial charge in [0.1, 0.15) is 5.78 Å². The van der Waals surface area contributed by atoms with Crippen LogP contribution in [0.25, 0.3) is 0 Å². The molecule has 0 aliphatic carbocycles. The highest BCUT2D eigenvalue weighted by Crippen LogP contribution is 2.18. The number of carbonyl (C=O) groups is 2. The zero-order chi connectivity index (χ0) is 12.9. The van der Waals surface area contributed by atoms with Crippen molar-refractivity contribution >= 4 is 11.8 Å². The van der Waals surface area contributed by atoms with Gasteiger partial charge in [-0.1, -0.05) is 41.5 Å². The SMILES string of the molecule is CC(C)COC(=O)C(C)C(C)C(=O)C(C)C. The Balaban J connectivity index is 4.27. The second kappa shape index (κ2) is 6.66. The average molecular weight is 228 g/mol. The molecule has 16 heavy (non-hydrogen) atoms. The predicted octanol–water partition coefficient (Wildman–Crippen LogP) is 2.68. The summed E-state index contributed by atoms with van der Waals surface area (Å²) in [5.41, 5.74) is 0. The molecule has 0 amide bonds. The minimum absolute atomic E-state index is 0.0321. The smallest absolute Gasteiger partial charge is 0.309 e. The lowest BCUT2D eigenvalue weighted by Gasteiger charge is -2.19. The van der Waals surface area contributed by atoms with Gasteiger partial charge >= 0.3 is 5.97 Å². The normalized spacial score (nSPS) is 15.0. The Labute approximate surface area is 98.6 Å². The molecule has 0 radical (unpaired) electrons. The fraction of sp³-hybridized carbons (Fsp3) is 0.846. The number of hydrogen-bond acceptors (Lipinski definition) is 3. The van der Waals surface area contributed by atoms with Gasteiger partial charge in [0.05, 0.1) is 12.5 Å². The standard InChI is InChI=1S/C13H24O3/c1-8(2)7-16-13(15)11(6)10(5)12(14)9(3)4/h8-11H,7H2,1-6H3. The highest BCUT2D eigenvalue weighted by Gasteiger charge is 2.28. The molecule has 0 aromatic heterocycles. The maximum Gasteiger partial charge on any atom is 0.309 e. The first-order chi connectivity index (χ1) is 7.27. The first-order valence-electron chi connectivity index (χ1n) is 5.97. The van der Waals surface area contributed by atoms with Crippen molar-refractivity contribution in [2.75, 3.05) is 6.61 Å². The van der Waals surface area contributed by atoms with E-state index in [-0.39, 0.29) is 29.5 Å². The van der Waals surface area contributed by atoms with E-state index in [0.29, 0.717) is 12.5 Å². The van der Waals surface area contributed by atoms with E-state index in [2.05, 4.69) is 0 Å². The lowest BCUT2D eigenvalue weighted by molar-refractivity contribution is -0.153. The van der Waals surface area contributed by atoms with E-state index in [1.165, 1.54) is 0 Å². The molecule has 2 atom stereocenters. The third kappa shape index (κ3) is 4.77. The fourth-order valence-electron chi connectivity index (χ4n) is 1.36. The monoisotopic (exact) mass is 228 g/mol. The molecular formula is C13H24O3. The molecule has 0 heterocycles. The quantitative estimate of drug-likeness (QED) is 0.656. The van der Waals surface area contributed by atoms with Gasteiger partial charge in [-0.3, -0.25) is 9.59 Å². The summed E-state index contributed by atoms with van der Waals surface area (Å²) in [6.45, 7) is 11.7. The van der Waals surface area contributed by atoms with Crippen molar-refractivity contribution in [2.45, 2.75) is 41.5 Å². The molecule has 2 unspecified atom stereocenters. The molecule has 3 heteroatoms. The fourth-order valence-corrected chi connectivity index (χ4v) is 1.36. The molecule has 0 saturated heterocycles. The van der Waals surface area contributed by atoms with Crippen LogP contribution >= 0.6 is 0 Å². The Morgan fingerprint density at radius 3 is 1.81 bits per heavy atom. The molecule has 0 N–H and O–H groups in total. The summed E-state index contributed by atoms with van der Waals surface area (Å²) < 4.78 is 5.13. The number of esters is 1. The Morgan fingerprint density at radius 1 is 0.938 bits per heavy atom. The molecule has 0 aliphatic heterocycles. The summed E-state index contributed by atoms with van der Waals surface area (Å²) in [5, 5.41) is 0. The summed E-state index contributed by atoms with van der Waals surface area (Å²) in [7, 11) is 0. The summed E-state index contributed by atoms with van der Waals surface area (Å²) in [6.07, 6.45) is 0. The predicted molar refractivity (Wildman–Crippen MR) is 64.0 cm³/mol. The van der Waals surface area contributed by atoms with Crippen molar-refractivity contribution in [3.63, 3.8) is 0 Å². The van der Waals surface area contributed by atoms with E-state index in [1.54, 1.807) is 13.8 Å². The second-order valence-electron chi connectivity index (χ2n) is 5.16. The Hall–Kier alpha value is -0.860. The molecule has 0 fully saturated rings. The van der Waals surface area contributed by atoms with Crippen LogP contribution in [0.3, 0.4) is 0 Å². The van der Waals surface area contributed by atoms with Gasteiger partial charge in [0.15, 0.2) is 0 Å². The van der Waals surface area contributed by atoms with E-state index in [9.17, 15) is 9.59 Å². The van der Waals surface area contributed by atoms with Gasteiger partial charge in [0.25, 0.3) is 0 Å². The minimum Gasteiger partial charge on any atom is -0.465 e. The van der Waals surface area contributed by atoms with E-state index in [1.807, 2.05) is 27.7 Å². The van der Waals surface area contributed by atoms with Gasteiger partial charge in [-0.05, 0) is 5.92 Å².